The minimum Gasteiger partial charge on any atom is -0.311 e. The van der Waals surface area contributed by atoms with Crippen LogP contribution in [0.1, 0.15) is 157 Å². The highest BCUT2D eigenvalue weighted by atomic mass is 32.1. The van der Waals surface area contributed by atoms with Crippen molar-refractivity contribution in [3.8, 4) is 11.1 Å². The van der Waals surface area contributed by atoms with E-state index in [-0.39, 0.29) is 39.2 Å². The van der Waals surface area contributed by atoms with Gasteiger partial charge >= 0.3 is 0 Å². The monoisotopic (exact) mass is 887 g/mol. The second-order valence-corrected chi connectivity index (χ2v) is 26.5. The predicted molar refractivity (Wildman–Crippen MR) is 291 cm³/mol. The topological polar surface area (TPSA) is 6.48 Å². The third-order valence-corrected chi connectivity index (χ3v) is 16.8. The molecule has 1 aromatic heterocycles. The number of nitrogens with zero attached hydrogens (tertiary/aromatic N) is 2. The summed E-state index contributed by atoms with van der Waals surface area (Å²) in [7, 11) is 0. The molecule has 2 nitrogen and oxygen atoms in total. The molecule has 1 aliphatic carbocycles. The second kappa shape index (κ2) is 14.7. The molecule has 2 aliphatic heterocycles. The maximum Gasteiger partial charge on any atom is 0.264 e. The molecule has 3 aliphatic rings. The minimum absolute atomic E-state index is 0.0154. The number of anilines is 6. The number of fused-ring (bicyclic) bond motifs is 7. The summed E-state index contributed by atoms with van der Waals surface area (Å²) in [5.41, 5.74) is 21.5. The third kappa shape index (κ3) is 7.19. The summed E-state index contributed by atoms with van der Waals surface area (Å²) in [6.07, 6.45) is 2.38. The molecule has 0 fully saturated rings. The lowest BCUT2D eigenvalue weighted by Gasteiger charge is -2.45. The van der Waals surface area contributed by atoms with Gasteiger partial charge < -0.3 is 9.80 Å². The molecular weight excluding hydrogens is 816 g/mol. The van der Waals surface area contributed by atoms with Gasteiger partial charge in [0.1, 0.15) is 0 Å². The zero-order chi connectivity index (χ0) is 47.3. The molecule has 3 heterocycles. The van der Waals surface area contributed by atoms with Gasteiger partial charge in [-0.2, -0.15) is 0 Å². The molecule has 7 aromatic rings. The molecule has 0 saturated heterocycles. The summed E-state index contributed by atoms with van der Waals surface area (Å²) in [6, 6.07) is 46.1. The van der Waals surface area contributed by atoms with Crippen LogP contribution in [0.5, 0.6) is 0 Å². The molecule has 0 atom stereocenters. The smallest absolute Gasteiger partial charge is 0.264 e. The Morgan fingerprint density at radius 2 is 1.03 bits per heavy atom. The molecule has 6 aromatic carbocycles. The molecule has 0 amide bonds. The molecule has 0 saturated carbocycles. The minimum atomic E-state index is -0.0329. The van der Waals surface area contributed by atoms with E-state index in [1.54, 1.807) is 0 Å². The lowest BCUT2D eigenvalue weighted by atomic mass is 9.36. The number of rotatable bonds is 3. The van der Waals surface area contributed by atoms with Gasteiger partial charge in [0.05, 0.1) is 11.4 Å². The lowest BCUT2D eigenvalue weighted by Crippen LogP contribution is -2.60. The molecule has 4 heteroatoms. The van der Waals surface area contributed by atoms with Gasteiger partial charge in [0, 0.05) is 43.2 Å². The van der Waals surface area contributed by atoms with Crippen molar-refractivity contribution < 1.29 is 0 Å². The van der Waals surface area contributed by atoms with Crippen LogP contribution in [0, 0.1) is 0 Å². The van der Waals surface area contributed by atoms with Gasteiger partial charge in [0.15, 0.2) is 0 Å². The first-order valence-corrected chi connectivity index (χ1v) is 25.4. The summed E-state index contributed by atoms with van der Waals surface area (Å²) in [6.45, 7) is 37.9. The third-order valence-electron chi connectivity index (χ3n) is 15.6. The molecular formula is C62H71BN2S. The SMILES string of the molecule is CC(C)(C)c1ccc(-c2cc(C(C)(C)C)ccc2N2c3cc(C(C)(C)C)ccc3B3c4sc5ccc(C(C)(C)C)cc5c4N(c4ccc5c(c4)C(C)(C)CCC5(C)C)c4cccc2c43)cc1. The van der Waals surface area contributed by atoms with Gasteiger partial charge in [-0.05, 0) is 150 Å². The van der Waals surface area contributed by atoms with Gasteiger partial charge in [-0.1, -0.05) is 171 Å². The van der Waals surface area contributed by atoms with Gasteiger partial charge in [0.2, 0.25) is 0 Å². The largest absolute Gasteiger partial charge is 0.311 e. The van der Waals surface area contributed by atoms with E-state index in [4.69, 9.17) is 0 Å². The van der Waals surface area contributed by atoms with E-state index in [0.29, 0.717) is 0 Å². The van der Waals surface area contributed by atoms with E-state index in [1.165, 1.54) is 117 Å². The summed E-state index contributed by atoms with van der Waals surface area (Å²) in [4.78, 5) is 5.32. The average Bonchev–Trinajstić information content (AvgIpc) is 3.62. The first-order chi connectivity index (χ1) is 30.7. The molecule has 10 rings (SSSR count). The maximum atomic E-state index is 2.68. The van der Waals surface area contributed by atoms with Crippen molar-refractivity contribution >= 4 is 78.0 Å². The highest BCUT2D eigenvalue weighted by molar-refractivity contribution is 7.33. The Kier molecular flexibility index (Phi) is 9.98. The number of hydrogen-bond acceptors (Lipinski definition) is 3. The molecule has 0 radical (unpaired) electrons. The van der Waals surface area contributed by atoms with Crippen LogP contribution in [0.15, 0.2) is 115 Å². The zero-order valence-corrected chi connectivity index (χ0v) is 43.6. The van der Waals surface area contributed by atoms with Gasteiger partial charge in [0.25, 0.3) is 6.71 Å². The molecule has 0 bridgehead atoms. The van der Waals surface area contributed by atoms with Crippen molar-refractivity contribution in [3.63, 3.8) is 0 Å². The number of thiophene rings is 1. The average molecular weight is 887 g/mol. The van der Waals surface area contributed by atoms with Crippen molar-refractivity contribution in [2.45, 2.75) is 156 Å². The molecule has 66 heavy (non-hydrogen) atoms. The Morgan fingerprint density at radius 3 is 1.67 bits per heavy atom. The Hall–Kier alpha value is -5.06. The van der Waals surface area contributed by atoms with Gasteiger partial charge in [-0.15, -0.1) is 11.3 Å². The normalized spacial score (nSPS) is 16.5. The lowest BCUT2D eigenvalue weighted by molar-refractivity contribution is 0.332. The van der Waals surface area contributed by atoms with E-state index >= 15 is 0 Å². The highest BCUT2D eigenvalue weighted by Gasteiger charge is 2.46. The fourth-order valence-corrected chi connectivity index (χ4v) is 12.5. The van der Waals surface area contributed by atoms with E-state index in [0.717, 1.165) is 0 Å². The fraction of sp³-hybridized carbons (Fsp3) is 0.387. The van der Waals surface area contributed by atoms with Crippen molar-refractivity contribution in [1.82, 2.24) is 0 Å². The van der Waals surface area contributed by atoms with Crippen LogP contribution in [0.25, 0.3) is 21.2 Å². The van der Waals surface area contributed by atoms with Crippen molar-refractivity contribution in [2.75, 3.05) is 9.80 Å². The zero-order valence-electron chi connectivity index (χ0n) is 42.8. The molecule has 0 unspecified atom stereocenters. The Morgan fingerprint density at radius 1 is 0.485 bits per heavy atom. The van der Waals surface area contributed by atoms with E-state index in [2.05, 4.69) is 236 Å². The van der Waals surface area contributed by atoms with Gasteiger partial charge in [-0.3, -0.25) is 0 Å². The summed E-state index contributed by atoms with van der Waals surface area (Å²) in [5, 5.41) is 1.35. The maximum absolute atomic E-state index is 2.68. The first kappa shape index (κ1) is 44.8. The predicted octanol–water partition coefficient (Wildman–Crippen LogP) is 16.2. The molecule has 338 valence electrons. The second-order valence-electron chi connectivity index (χ2n) is 25.4. The summed E-state index contributed by atoms with van der Waals surface area (Å²) in [5.74, 6) is 0. The quantitative estimate of drug-likeness (QED) is 0.163. The van der Waals surface area contributed by atoms with Gasteiger partial charge in [-0.25, -0.2) is 0 Å². The first-order valence-electron chi connectivity index (χ1n) is 24.6. The van der Waals surface area contributed by atoms with Crippen LogP contribution in [0.3, 0.4) is 0 Å². The van der Waals surface area contributed by atoms with E-state index < -0.39 is 0 Å². The van der Waals surface area contributed by atoms with Crippen molar-refractivity contribution in [3.05, 3.63) is 149 Å². The van der Waals surface area contributed by atoms with Crippen LogP contribution in [-0.4, -0.2) is 6.71 Å². The van der Waals surface area contributed by atoms with E-state index in [9.17, 15) is 0 Å². The fourth-order valence-electron chi connectivity index (χ4n) is 11.2. The van der Waals surface area contributed by atoms with E-state index in [1.807, 2.05) is 11.3 Å². The number of benzene rings is 6. The Bertz CT molecular complexity index is 3080. The summed E-state index contributed by atoms with van der Waals surface area (Å²) < 4.78 is 2.78. The van der Waals surface area contributed by atoms with Crippen LogP contribution in [-0.2, 0) is 32.5 Å². The van der Waals surface area contributed by atoms with Crippen LogP contribution in [0.4, 0.5) is 34.1 Å². The molecule has 0 spiro atoms. The van der Waals surface area contributed by atoms with Crippen LogP contribution >= 0.6 is 11.3 Å². The van der Waals surface area contributed by atoms with Crippen molar-refractivity contribution in [2.24, 2.45) is 0 Å². The van der Waals surface area contributed by atoms with Crippen LogP contribution < -0.4 is 25.5 Å². The number of hydrogen-bond donors (Lipinski definition) is 0. The summed E-state index contributed by atoms with van der Waals surface area (Å²) >= 11 is 2.00. The Balaban J connectivity index is 1.30. The molecule has 0 N–H and O–H groups in total. The van der Waals surface area contributed by atoms with Crippen LogP contribution in [0.2, 0.25) is 0 Å². The Labute approximate surface area is 401 Å². The highest BCUT2D eigenvalue weighted by Crippen LogP contribution is 2.53. The standard InChI is InChI=1S/C62H71BN2S/c1-57(2,3)39-22-20-38(21-23-39)44-34-40(58(4,5)6)25-30-49(44)65-51-19-17-18-50-54(51)63(48-29-24-42(36-52(48)65)60(10,11)12)56-55(45-35-41(59(7,8)9)26-31-53(45)66-56)64(50)43-27-28-46-47(37-43)62(15,16)33-32-61(46,13)14/h17-31,34-37H,32-33H2,1-16H3. The van der Waals surface area contributed by atoms with Crippen molar-refractivity contribution in [1.29, 1.82) is 0 Å².